The fourth-order valence-corrected chi connectivity index (χ4v) is 4.47. The topological polar surface area (TPSA) is 63.4 Å². The van der Waals surface area contributed by atoms with Crippen molar-refractivity contribution in [1.29, 1.82) is 0 Å². The monoisotopic (exact) mass is 302 g/mol. The van der Waals surface area contributed by atoms with E-state index in [1.54, 1.807) is 0 Å². The van der Waals surface area contributed by atoms with E-state index in [0.29, 0.717) is 11.4 Å². The molecule has 0 spiro atoms. The Balaban J connectivity index is 2.23. The van der Waals surface area contributed by atoms with Gasteiger partial charge in [0, 0.05) is 19.1 Å². The molecule has 1 aliphatic heterocycles. The average Bonchev–Trinajstić information content (AvgIpc) is 2.68. The number of benzene rings is 1. The van der Waals surface area contributed by atoms with Gasteiger partial charge < -0.3 is 10.6 Å². The van der Waals surface area contributed by atoms with Gasteiger partial charge in [-0.05, 0) is 31.0 Å². The number of nitrogens with two attached hydrogens (primary N) is 1. The molecule has 0 radical (unpaired) electrons. The standard InChI is InChI=1S/C13H19ClN2O2S/c1-9(15)10-3-4-13(12(14)7-10)16(2)11-5-6-19(17,18)8-11/h3-4,7,9,11H,5-6,8,15H2,1-2H3/t9-,11?/m1/s1. The molecule has 19 heavy (non-hydrogen) atoms. The lowest BCUT2D eigenvalue weighted by molar-refractivity contribution is 0.601. The molecule has 1 unspecified atom stereocenters. The zero-order valence-corrected chi connectivity index (χ0v) is 12.7. The number of sulfone groups is 1. The van der Waals surface area contributed by atoms with Crippen molar-refractivity contribution < 1.29 is 8.42 Å². The summed E-state index contributed by atoms with van der Waals surface area (Å²) in [5.74, 6) is 0.465. The van der Waals surface area contributed by atoms with Gasteiger partial charge in [0.25, 0.3) is 0 Å². The van der Waals surface area contributed by atoms with E-state index in [1.807, 2.05) is 37.1 Å². The molecule has 106 valence electrons. The highest BCUT2D eigenvalue weighted by atomic mass is 35.5. The summed E-state index contributed by atoms with van der Waals surface area (Å²) in [5, 5.41) is 0.613. The molecule has 1 saturated heterocycles. The fraction of sp³-hybridized carbons (Fsp3) is 0.538. The number of halogens is 1. The molecule has 1 aromatic rings. The Hall–Kier alpha value is -0.780. The van der Waals surface area contributed by atoms with E-state index >= 15 is 0 Å². The minimum atomic E-state index is -2.89. The van der Waals surface area contributed by atoms with Crippen LogP contribution in [0.15, 0.2) is 18.2 Å². The van der Waals surface area contributed by atoms with Crippen LogP contribution in [-0.2, 0) is 9.84 Å². The maximum Gasteiger partial charge on any atom is 0.152 e. The van der Waals surface area contributed by atoms with Crippen molar-refractivity contribution in [3.05, 3.63) is 28.8 Å². The van der Waals surface area contributed by atoms with Crippen molar-refractivity contribution in [2.24, 2.45) is 5.73 Å². The second-order valence-electron chi connectivity index (χ2n) is 5.17. The van der Waals surface area contributed by atoms with Crippen LogP contribution in [0.4, 0.5) is 5.69 Å². The summed E-state index contributed by atoms with van der Waals surface area (Å²) >= 11 is 6.27. The fourth-order valence-electron chi connectivity index (χ4n) is 2.37. The minimum absolute atomic E-state index is 0.00338. The van der Waals surface area contributed by atoms with Crippen LogP contribution in [0.1, 0.15) is 24.9 Å². The normalized spacial score (nSPS) is 23.3. The van der Waals surface area contributed by atoms with E-state index in [-0.39, 0.29) is 23.6 Å². The highest BCUT2D eigenvalue weighted by Gasteiger charge is 2.31. The number of anilines is 1. The SMILES string of the molecule is C[C@@H](N)c1ccc(N(C)C2CCS(=O)(=O)C2)c(Cl)c1. The van der Waals surface area contributed by atoms with Crippen molar-refractivity contribution in [2.45, 2.75) is 25.4 Å². The van der Waals surface area contributed by atoms with Crippen LogP contribution >= 0.6 is 11.6 Å². The molecular weight excluding hydrogens is 284 g/mol. The van der Waals surface area contributed by atoms with Gasteiger partial charge in [-0.1, -0.05) is 17.7 Å². The van der Waals surface area contributed by atoms with Crippen molar-refractivity contribution in [3.63, 3.8) is 0 Å². The molecule has 1 heterocycles. The molecule has 0 saturated carbocycles. The molecule has 1 fully saturated rings. The summed E-state index contributed by atoms with van der Waals surface area (Å²) in [4.78, 5) is 1.96. The predicted octanol–water partition coefficient (Wildman–Crippen LogP) is 1.98. The first kappa shape index (κ1) is 14.6. The highest BCUT2D eigenvalue weighted by Crippen LogP contribution is 2.31. The lowest BCUT2D eigenvalue weighted by Crippen LogP contribution is -2.32. The quantitative estimate of drug-likeness (QED) is 0.927. The Morgan fingerprint density at radius 2 is 2.16 bits per heavy atom. The van der Waals surface area contributed by atoms with Crippen LogP contribution in [-0.4, -0.2) is 33.0 Å². The number of nitrogens with zero attached hydrogens (tertiary/aromatic N) is 1. The van der Waals surface area contributed by atoms with Crippen molar-refractivity contribution in [3.8, 4) is 0 Å². The third kappa shape index (κ3) is 3.22. The van der Waals surface area contributed by atoms with Crippen molar-refractivity contribution >= 4 is 27.1 Å². The van der Waals surface area contributed by atoms with Crippen molar-refractivity contribution in [1.82, 2.24) is 0 Å². The number of hydrogen-bond acceptors (Lipinski definition) is 4. The molecule has 4 nitrogen and oxygen atoms in total. The van der Waals surface area contributed by atoms with Crippen LogP contribution < -0.4 is 10.6 Å². The largest absolute Gasteiger partial charge is 0.369 e. The van der Waals surface area contributed by atoms with Gasteiger partial charge in [-0.25, -0.2) is 8.42 Å². The summed E-state index contributed by atoms with van der Waals surface area (Å²) in [5.41, 5.74) is 7.64. The van der Waals surface area contributed by atoms with E-state index in [1.165, 1.54) is 0 Å². The van der Waals surface area contributed by atoms with Gasteiger partial charge in [0.2, 0.25) is 0 Å². The lowest BCUT2D eigenvalue weighted by Gasteiger charge is -2.27. The average molecular weight is 303 g/mol. The minimum Gasteiger partial charge on any atom is -0.369 e. The molecule has 2 rings (SSSR count). The summed E-state index contributed by atoms with van der Waals surface area (Å²) in [6, 6.07) is 5.63. The van der Waals surface area contributed by atoms with Crippen LogP contribution in [0, 0.1) is 0 Å². The van der Waals surface area contributed by atoms with E-state index in [0.717, 1.165) is 11.3 Å². The first-order chi connectivity index (χ1) is 8.80. The Kier molecular flexibility index (Phi) is 4.08. The Bertz CT molecular complexity index is 572. The first-order valence-electron chi connectivity index (χ1n) is 6.28. The molecule has 2 N–H and O–H groups in total. The third-order valence-electron chi connectivity index (χ3n) is 3.63. The van der Waals surface area contributed by atoms with Crippen LogP contribution in [0.3, 0.4) is 0 Å². The third-order valence-corrected chi connectivity index (χ3v) is 5.69. The molecule has 0 aromatic heterocycles. The van der Waals surface area contributed by atoms with Gasteiger partial charge >= 0.3 is 0 Å². The van der Waals surface area contributed by atoms with Gasteiger partial charge in [0.15, 0.2) is 9.84 Å². The Labute approximate surface area is 119 Å². The van der Waals surface area contributed by atoms with Crippen LogP contribution in [0.5, 0.6) is 0 Å². The summed E-state index contributed by atoms with van der Waals surface area (Å²) in [6.07, 6.45) is 0.657. The van der Waals surface area contributed by atoms with Gasteiger partial charge in [0.1, 0.15) is 0 Å². The Morgan fingerprint density at radius 3 is 2.63 bits per heavy atom. The molecule has 2 atom stereocenters. The van der Waals surface area contributed by atoms with Gasteiger partial charge in [-0.2, -0.15) is 0 Å². The van der Waals surface area contributed by atoms with E-state index in [9.17, 15) is 8.42 Å². The second kappa shape index (κ2) is 5.31. The highest BCUT2D eigenvalue weighted by molar-refractivity contribution is 7.91. The lowest BCUT2D eigenvalue weighted by atomic mass is 10.1. The summed E-state index contributed by atoms with van der Waals surface area (Å²) in [7, 11) is -1.00. The maximum atomic E-state index is 11.5. The smallest absolute Gasteiger partial charge is 0.152 e. The molecule has 0 bridgehead atoms. The zero-order chi connectivity index (χ0) is 14.2. The van der Waals surface area contributed by atoms with Crippen LogP contribution in [0.25, 0.3) is 0 Å². The van der Waals surface area contributed by atoms with Crippen LogP contribution in [0.2, 0.25) is 5.02 Å². The zero-order valence-electron chi connectivity index (χ0n) is 11.1. The van der Waals surface area contributed by atoms with E-state index in [4.69, 9.17) is 17.3 Å². The first-order valence-corrected chi connectivity index (χ1v) is 8.48. The Morgan fingerprint density at radius 1 is 1.47 bits per heavy atom. The van der Waals surface area contributed by atoms with Crippen molar-refractivity contribution in [2.75, 3.05) is 23.5 Å². The van der Waals surface area contributed by atoms with E-state index in [2.05, 4.69) is 0 Å². The van der Waals surface area contributed by atoms with Gasteiger partial charge in [0.05, 0.1) is 22.2 Å². The second-order valence-corrected chi connectivity index (χ2v) is 7.80. The molecule has 1 aromatic carbocycles. The van der Waals surface area contributed by atoms with Gasteiger partial charge in [-0.3, -0.25) is 0 Å². The molecule has 0 aliphatic carbocycles. The molecule has 1 aliphatic rings. The van der Waals surface area contributed by atoms with Gasteiger partial charge in [-0.15, -0.1) is 0 Å². The maximum absolute atomic E-state index is 11.5. The van der Waals surface area contributed by atoms with E-state index < -0.39 is 9.84 Å². The summed E-state index contributed by atoms with van der Waals surface area (Å²) in [6.45, 7) is 1.90. The molecular formula is C13H19ClN2O2S. The summed E-state index contributed by atoms with van der Waals surface area (Å²) < 4.78 is 23.1. The predicted molar refractivity (Wildman–Crippen MR) is 79.5 cm³/mol. The molecule has 6 heteroatoms. The number of hydrogen-bond donors (Lipinski definition) is 1. The number of rotatable bonds is 3. The molecule has 0 amide bonds.